The molecule has 0 amide bonds. The van der Waals surface area contributed by atoms with Gasteiger partial charge in [-0.05, 0) is 37.5 Å². The number of rotatable bonds is 2. The van der Waals surface area contributed by atoms with E-state index in [1.54, 1.807) is 0 Å². The Kier molecular flexibility index (Phi) is 3.26. The van der Waals surface area contributed by atoms with Crippen LogP contribution in [0.25, 0.3) is 0 Å². The molecule has 0 spiro atoms. The van der Waals surface area contributed by atoms with E-state index in [1.807, 2.05) is 31.2 Å². The minimum atomic E-state index is -2.16. The zero-order chi connectivity index (χ0) is 13.3. The van der Waals surface area contributed by atoms with Gasteiger partial charge in [-0.2, -0.15) is 8.42 Å². The summed E-state index contributed by atoms with van der Waals surface area (Å²) < 4.78 is 21.7. The van der Waals surface area contributed by atoms with Crippen LogP contribution in [0.5, 0.6) is 0 Å². The maximum Gasteiger partial charge on any atom is 0.214 e. The SMILES string of the molecule is CC1=C(C)C(C)(c2ccccc2)C=C1C=S(=O)=O. The molecule has 0 saturated heterocycles. The Balaban J connectivity index is 2.61. The van der Waals surface area contributed by atoms with Crippen molar-refractivity contribution in [2.45, 2.75) is 26.2 Å². The van der Waals surface area contributed by atoms with E-state index in [0.29, 0.717) is 0 Å². The minimum Gasteiger partial charge on any atom is -0.185 e. The molecule has 0 saturated carbocycles. The van der Waals surface area contributed by atoms with Gasteiger partial charge < -0.3 is 0 Å². The molecule has 0 heterocycles. The first-order valence-electron chi connectivity index (χ1n) is 5.85. The summed E-state index contributed by atoms with van der Waals surface area (Å²) in [5.41, 5.74) is 4.02. The summed E-state index contributed by atoms with van der Waals surface area (Å²) in [6.45, 7) is 6.15. The zero-order valence-electron chi connectivity index (χ0n) is 10.8. The van der Waals surface area contributed by atoms with Gasteiger partial charge in [-0.15, -0.1) is 0 Å². The first kappa shape index (κ1) is 12.8. The molecule has 0 aliphatic heterocycles. The summed E-state index contributed by atoms with van der Waals surface area (Å²) >= 11 is 0. The van der Waals surface area contributed by atoms with Crippen LogP contribution < -0.4 is 0 Å². The fourth-order valence-corrected chi connectivity index (χ4v) is 2.90. The summed E-state index contributed by atoms with van der Waals surface area (Å²) in [7, 11) is -2.16. The molecule has 1 aliphatic rings. The number of hydrogen-bond donors (Lipinski definition) is 0. The van der Waals surface area contributed by atoms with Crippen molar-refractivity contribution in [3.8, 4) is 0 Å². The third-order valence-corrected chi connectivity index (χ3v) is 4.26. The van der Waals surface area contributed by atoms with Gasteiger partial charge in [0, 0.05) is 5.41 Å². The highest BCUT2D eigenvalue weighted by atomic mass is 32.2. The van der Waals surface area contributed by atoms with Gasteiger partial charge in [0.15, 0.2) is 0 Å². The van der Waals surface area contributed by atoms with Gasteiger partial charge >= 0.3 is 0 Å². The van der Waals surface area contributed by atoms with Crippen LogP contribution in [0.4, 0.5) is 0 Å². The second-order valence-electron chi connectivity index (χ2n) is 4.80. The van der Waals surface area contributed by atoms with E-state index in [9.17, 15) is 8.42 Å². The van der Waals surface area contributed by atoms with Gasteiger partial charge in [0.25, 0.3) is 0 Å². The topological polar surface area (TPSA) is 34.1 Å². The number of allylic oxidation sites excluding steroid dienone is 4. The van der Waals surface area contributed by atoms with Crippen molar-refractivity contribution in [1.82, 2.24) is 0 Å². The highest BCUT2D eigenvalue weighted by molar-refractivity contribution is 7.71. The van der Waals surface area contributed by atoms with Gasteiger partial charge in [-0.1, -0.05) is 42.0 Å². The van der Waals surface area contributed by atoms with Crippen molar-refractivity contribution in [2.75, 3.05) is 0 Å². The van der Waals surface area contributed by atoms with Crippen molar-refractivity contribution >= 4 is 15.7 Å². The van der Waals surface area contributed by atoms with E-state index in [4.69, 9.17) is 0 Å². The average molecular weight is 260 g/mol. The minimum absolute atomic E-state index is 0.212. The third kappa shape index (κ3) is 2.06. The Bertz CT molecular complexity index is 656. The molecule has 2 nitrogen and oxygen atoms in total. The van der Waals surface area contributed by atoms with Crippen LogP contribution in [0, 0.1) is 0 Å². The summed E-state index contributed by atoms with van der Waals surface area (Å²) in [5.74, 6) is 0. The van der Waals surface area contributed by atoms with Gasteiger partial charge in [0.2, 0.25) is 10.3 Å². The molecular formula is C15H16O2S. The summed E-state index contributed by atoms with van der Waals surface area (Å²) in [4.78, 5) is 0. The number of hydrogen-bond acceptors (Lipinski definition) is 2. The lowest BCUT2D eigenvalue weighted by molar-refractivity contribution is 0.627. The monoisotopic (exact) mass is 260 g/mol. The fraction of sp³-hybridized carbons (Fsp3) is 0.267. The van der Waals surface area contributed by atoms with Crippen LogP contribution >= 0.6 is 0 Å². The first-order chi connectivity index (χ1) is 8.45. The molecule has 1 aromatic carbocycles. The molecule has 1 unspecified atom stereocenters. The molecule has 3 heteroatoms. The lowest BCUT2D eigenvalue weighted by Crippen LogP contribution is -2.18. The van der Waals surface area contributed by atoms with E-state index < -0.39 is 10.3 Å². The van der Waals surface area contributed by atoms with Crippen LogP contribution in [-0.2, 0) is 15.7 Å². The first-order valence-corrected chi connectivity index (χ1v) is 6.98. The van der Waals surface area contributed by atoms with Gasteiger partial charge in [-0.3, -0.25) is 0 Å². The number of benzene rings is 1. The molecule has 0 bridgehead atoms. The van der Waals surface area contributed by atoms with E-state index in [2.05, 4.69) is 26.0 Å². The molecule has 18 heavy (non-hydrogen) atoms. The van der Waals surface area contributed by atoms with E-state index in [-0.39, 0.29) is 5.41 Å². The normalized spacial score (nSPS) is 22.9. The quantitative estimate of drug-likeness (QED) is 0.766. The van der Waals surface area contributed by atoms with Crippen molar-refractivity contribution in [3.63, 3.8) is 0 Å². The summed E-state index contributed by atoms with van der Waals surface area (Å²) in [6, 6.07) is 10.1. The average Bonchev–Trinajstić information content (AvgIpc) is 2.56. The predicted molar refractivity (Wildman–Crippen MR) is 75.2 cm³/mol. The van der Waals surface area contributed by atoms with E-state index in [0.717, 1.165) is 11.1 Å². The predicted octanol–water partition coefficient (Wildman–Crippen LogP) is 2.90. The third-order valence-electron chi connectivity index (χ3n) is 3.82. The maximum atomic E-state index is 10.8. The highest BCUT2D eigenvalue weighted by Crippen LogP contribution is 2.42. The lowest BCUT2D eigenvalue weighted by Gasteiger charge is -2.25. The Morgan fingerprint density at radius 2 is 1.72 bits per heavy atom. The molecule has 0 N–H and O–H groups in total. The van der Waals surface area contributed by atoms with Crippen LogP contribution in [0.3, 0.4) is 0 Å². The standard InChI is InChI=1S/C15H16O2S/c1-11-12(2)15(3,9-13(11)10-18(16)17)14-7-5-4-6-8-14/h4-10H,1-3H3. The van der Waals surface area contributed by atoms with Crippen LogP contribution in [0.15, 0.2) is 53.1 Å². The fourth-order valence-electron chi connectivity index (χ4n) is 2.44. The van der Waals surface area contributed by atoms with E-state index >= 15 is 0 Å². The second-order valence-corrected chi connectivity index (χ2v) is 5.55. The van der Waals surface area contributed by atoms with Crippen molar-refractivity contribution in [3.05, 3.63) is 58.7 Å². The Hall–Kier alpha value is -1.61. The van der Waals surface area contributed by atoms with Crippen LogP contribution in [0.2, 0.25) is 0 Å². The molecule has 0 fully saturated rings. The van der Waals surface area contributed by atoms with Gasteiger partial charge in [-0.25, -0.2) is 0 Å². The molecule has 0 radical (unpaired) electrons. The largest absolute Gasteiger partial charge is 0.214 e. The smallest absolute Gasteiger partial charge is 0.185 e. The molecule has 1 atom stereocenters. The Morgan fingerprint density at radius 1 is 1.11 bits per heavy atom. The summed E-state index contributed by atoms with van der Waals surface area (Å²) in [6.07, 6.45) is 2.03. The lowest BCUT2D eigenvalue weighted by atomic mass is 9.78. The second kappa shape index (κ2) is 4.58. The Morgan fingerprint density at radius 3 is 2.28 bits per heavy atom. The molecule has 2 rings (SSSR count). The zero-order valence-corrected chi connectivity index (χ0v) is 11.6. The molecule has 94 valence electrons. The van der Waals surface area contributed by atoms with Crippen molar-refractivity contribution in [1.29, 1.82) is 0 Å². The van der Waals surface area contributed by atoms with Gasteiger partial charge in [0.1, 0.15) is 0 Å². The molecular weight excluding hydrogens is 244 g/mol. The van der Waals surface area contributed by atoms with Crippen molar-refractivity contribution < 1.29 is 8.42 Å². The van der Waals surface area contributed by atoms with Crippen LogP contribution in [0.1, 0.15) is 26.3 Å². The molecule has 1 aromatic rings. The molecule has 0 aromatic heterocycles. The van der Waals surface area contributed by atoms with Crippen molar-refractivity contribution in [2.24, 2.45) is 0 Å². The maximum absolute atomic E-state index is 10.8. The van der Waals surface area contributed by atoms with E-state index in [1.165, 1.54) is 16.5 Å². The molecule has 1 aliphatic carbocycles. The summed E-state index contributed by atoms with van der Waals surface area (Å²) in [5, 5.41) is 1.28. The highest BCUT2D eigenvalue weighted by Gasteiger charge is 2.33. The Labute approximate surface area is 109 Å². The van der Waals surface area contributed by atoms with Gasteiger partial charge in [0.05, 0.1) is 5.37 Å². The van der Waals surface area contributed by atoms with Crippen LogP contribution in [-0.4, -0.2) is 13.8 Å².